The van der Waals surface area contributed by atoms with Gasteiger partial charge in [0.2, 0.25) is 0 Å². The number of nitrogens with one attached hydrogen (secondary N) is 1. The molecule has 0 aliphatic rings. The van der Waals surface area contributed by atoms with Crippen molar-refractivity contribution in [2.75, 3.05) is 11.1 Å². The number of aromatic nitrogens is 1. The lowest BCUT2D eigenvalue weighted by atomic mass is 10.3. The highest BCUT2D eigenvalue weighted by atomic mass is 35.5. The Labute approximate surface area is 114 Å². The minimum absolute atomic E-state index is 0.279. The smallest absolute Gasteiger partial charge is 0.272 e. The van der Waals surface area contributed by atoms with E-state index in [0.717, 1.165) is 0 Å². The van der Waals surface area contributed by atoms with Crippen molar-refractivity contribution < 1.29 is 4.79 Å². The molecule has 0 aliphatic heterocycles. The number of rotatable bonds is 2. The van der Waals surface area contributed by atoms with E-state index >= 15 is 0 Å². The Morgan fingerprint density at radius 3 is 2.61 bits per heavy atom. The van der Waals surface area contributed by atoms with Crippen LogP contribution in [0.3, 0.4) is 0 Å². The second kappa shape index (κ2) is 4.92. The molecule has 1 amide bonds. The number of amides is 1. The third-order valence-corrected chi connectivity index (χ3v) is 2.99. The minimum Gasteiger partial charge on any atom is -0.397 e. The van der Waals surface area contributed by atoms with Gasteiger partial charge in [0.15, 0.2) is 0 Å². The maximum absolute atomic E-state index is 12.0. The number of anilines is 2. The van der Waals surface area contributed by atoms with E-state index in [0.29, 0.717) is 27.1 Å². The highest BCUT2D eigenvalue weighted by Crippen LogP contribution is 2.26. The molecule has 0 spiro atoms. The molecule has 1 heterocycles. The molecular formula is C12H11Cl2N3O. The summed E-state index contributed by atoms with van der Waals surface area (Å²) < 4.78 is 1.65. The van der Waals surface area contributed by atoms with Gasteiger partial charge in [-0.25, -0.2) is 0 Å². The topological polar surface area (TPSA) is 60.0 Å². The minimum atomic E-state index is -0.279. The fourth-order valence-electron chi connectivity index (χ4n) is 1.59. The van der Waals surface area contributed by atoms with Crippen molar-refractivity contribution in [1.29, 1.82) is 0 Å². The van der Waals surface area contributed by atoms with Crippen molar-refractivity contribution in [3.8, 4) is 0 Å². The average Bonchev–Trinajstić information content (AvgIpc) is 2.62. The highest BCUT2D eigenvalue weighted by molar-refractivity contribution is 6.36. The molecule has 3 N–H and O–H groups in total. The average molecular weight is 284 g/mol. The number of hydrogen-bond acceptors (Lipinski definition) is 2. The van der Waals surface area contributed by atoms with Gasteiger partial charge in [0.05, 0.1) is 16.4 Å². The largest absolute Gasteiger partial charge is 0.397 e. The summed E-state index contributed by atoms with van der Waals surface area (Å²) in [6, 6.07) is 6.47. The van der Waals surface area contributed by atoms with Crippen LogP contribution in [0.2, 0.25) is 10.0 Å². The Morgan fingerprint density at radius 1 is 1.33 bits per heavy atom. The molecule has 0 unspecified atom stereocenters. The van der Waals surface area contributed by atoms with E-state index in [1.807, 2.05) is 0 Å². The lowest BCUT2D eigenvalue weighted by Crippen LogP contribution is -2.15. The zero-order chi connectivity index (χ0) is 13.3. The Kier molecular flexibility index (Phi) is 3.50. The van der Waals surface area contributed by atoms with Crippen LogP contribution in [0.15, 0.2) is 30.5 Å². The molecule has 18 heavy (non-hydrogen) atoms. The number of hydrogen-bond donors (Lipinski definition) is 2. The van der Waals surface area contributed by atoms with Crippen molar-refractivity contribution >= 4 is 40.5 Å². The van der Waals surface area contributed by atoms with E-state index in [9.17, 15) is 4.79 Å². The first-order chi connectivity index (χ1) is 8.47. The van der Waals surface area contributed by atoms with Crippen molar-refractivity contribution in [1.82, 2.24) is 4.57 Å². The first-order valence-electron chi connectivity index (χ1n) is 5.15. The second-order valence-electron chi connectivity index (χ2n) is 3.85. The molecule has 0 fully saturated rings. The lowest BCUT2D eigenvalue weighted by Gasteiger charge is -2.07. The summed E-state index contributed by atoms with van der Waals surface area (Å²) in [6.07, 6.45) is 1.67. The quantitative estimate of drug-likeness (QED) is 0.889. The van der Waals surface area contributed by atoms with Gasteiger partial charge in [-0.05, 0) is 24.3 Å². The van der Waals surface area contributed by atoms with E-state index in [4.69, 9.17) is 28.9 Å². The van der Waals surface area contributed by atoms with Gasteiger partial charge in [-0.15, -0.1) is 0 Å². The number of carbonyl (C=O) groups is 1. The summed E-state index contributed by atoms with van der Waals surface area (Å²) in [6.45, 7) is 0. The van der Waals surface area contributed by atoms with Gasteiger partial charge in [0.1, 0.15) is 5.69 Å². The molecule has 0 atom stereocenters. The molecule has 94 valence electrons. The van der Waals surface area contributed by atoms with Crippen LogP contribution in [0.4, 0.5) is 11.4 Å². The predicted molar refractivity (Wildman–Crippen MR) is 74.2 cm³/mol. The molecule has 0 bridgehead atoms. The summed E-state index contributed by atoms with van der Waals surface area (Å²) in [7, 11) is 1.74. The number of aryl methyl sites for hydroxylation is 1. The van der Waals surface area contributed by atoms with Crippen LogP contribution in [-0.2, 0) is 7.05 Å². The van der Waals surface area contributed by atoms with E-state index in [2.05, 4.69) is 5.32 Å². The van der Waals surface area contributed by atoms with Crippen LogP contribution in [0.25, 0.3) is 0 Å². The molecule has 2 rings (SSSR count). The molecule has 2 aromatic rings. The van der Waals surface area contributed by atoms with E-state index in [-0.39, 0.29) is 5.91 Å². The van der Waals surface area contributed by atoms with Crippen LogP contribution in [-0.4, -0.2) is 10.5 Å². The molecule has 4 nitrogen and oxygen atoms in total. The van der Waals surface area contributed by atoms with Crippen molar-refractivity contribution in [2.24, 2.45) is 7.05 Å². The second-order valence-corrected chi connectivity index (χ2v) is 4.69. The Bertz CT molecular complexity index is 607. The third kappa shape index (κ3) is 2.60. The molecule has 6 heteroatoms. The molecule has 0 aliphatic carbocycles. The molecule has 1 aromatic heterocycles. The third-order valence-electron chi connectivity index (χ3n) is 2.44. The Hall–Kier alpha value is -1.65. The fourth-order valence-corrected chi connectivity index (χ4v) is 2.05. The van der Waals surface area contributed by atoms with Crippen LogP contribution in [0.5, 0.6) is 0 Å². The summed E-state index contributed by atoms with van der Waals surface area (Å²) in [5, 5.41) is 3.60. The van der Waals surface area contributed by atoms with Gasteiger partial charge >= 0.3 is 0 Å². The number of benzene rings is 1. The first-order valence-corrected chi connectivity index (χ1v) is 5.91. The maximum Gasteiger partial charge on any atom is 0.272 e. The zero-order valence-electron chi connectivity index (χ0n) is 9.58. The van der Waals surface area contributed by atoms with Gasteiger partial charge in [0.25, 0.3) is 5.91 Å². The lowest BCUT2D eigenvalue weighted by molar-refractivity contribution is 0.101. The Morgan fingerprint density at radius 2 is 2.06 bits per heavy atom. The monoisotopic (exact) mass is 283 g/mol. The van der Waals surface area contributed by atoms with Gasteiger partial charge < -0.3 is 15.6 Å². The maximum atomic E-state index is 12.0. The molecule has 0 saturated carbocycles. The van der Waals surface area contributed by atoms with Gasteiger partial charge in [-0.3, -0.25) is 4.79 Å². The van der Waals surface area contributed by atoms with Gasteiger partial charge in [-0.1, -0.05) is 23.2 Å². The molecule has 1 aromatic carbocycles. The number of nitrogen functional groups attached to an aromatic ring is 1. The van der Waals surface area contributed by atoms with Gasteiger partial charge in [-0.2, -0.15) is 0 Å². The number of nitrogens with two attached hydrogens (primary N) is 1. The van der Waals surface area contributed by atoms with Crippen LogP contribution in [0, 0.1) is 0 Å². The number of nitrogens with zero attached hydrogens (tertiary/aromatic N) is 1. The number of carbonyl (C=O) groups excluding carboxylic acids is 1. The van der Waals surface area contributed by atoms with Gasteiger partial charge in [0, 0.05) is 18.3 Å². The van der Waals surface area contributed by atoms with Crippen LogP contribution in [0.1, 0.15) is 10.5 Å². The van der Waals surface area contributed by atoms with Crippen molar-refractivity contribution in [2.45, 2.75) is 0 Å². The summed E-state index contributed by atoms with van der Waals surface area (Å²) in [4.78, 5) is 12.0. The molecule has 0 saturated heterocycles. The Balaban J connectivity index is 2.24. The first kappa shape index (κ1) is 12.8. The van der Waals surface area contributed by atoms with E-state index in [1.54, 1.807) is 42.1 Å². The fraction of sp³-hybridized carbons (Fsp3) is 0.0833. The zero-order valence-corrected chi connectivity index (χ0v) is 11.1. The van der Waals surface area contributed by atoms with Crippen molar-refractivity contribution in [3.05, 3.63) is 46.2 Å². The predicted octanol–water partition coefficient (Wildman–Crippen LogP) is 3.17. The molecular weight excluding hydrogens is 273 g/mol. The highest BCUT2D eigenvalue weighted by Gasteiger charge is 2.12. The number of halogens is 2. The normalized spacial score (nSPS) is 10.4. The summed E-state index contributed by atoms with van der Waals surface area (Å²) in [5.74, 6) is -0.279. The SMILES string of the molecule is Cn1cc(N)cc1C(=O)Nc1ccc(Cl)cc1Cl. The van der Waals surface area contributed by atoms with Crippen molar-refractivity contribution in [3.63, 3.8) is 0 Å². The standard InChI is InChI=1S/C12H11Cl2N3O/c1-17-6-8(15)5-11(17)12(18)16-10-3-2-7(13)4-9(10)14/h2-6H,15H2,1H3,(H,16,18). The van der Waals surface area contributed by atoms with E-state index in [1.165, 1.54) is 0 Å². The van der Waals surface area contributed by atoms with Crippen LogP contribution < -0.4 is 11.1 Å². The van der Waals surface area contributed by atoms with E-state index < -0.39 is 0 Å². The summed E-state index contributed by atoms with van der Waals surface area (Å²) in [5.41, 5.74) is 7.11. The summed E-state index contributed by atoms with van der Waals surface area (Å²) >= 11 is 11.8. The molecule has 0 radical (unpaired) electrons. The van der Waals surface area contributed by atoms with Crippen LogP contribution >= 0.6 is 23.2 Å².